The molecule has 2 aromatic carbocycles. The quantitative estimate of drug-likeness (QED) is 0.579. The zero-order valence-corrected chi connectivity index (χ0v) is 16.1. The average molecular weight is 407 g/mol. The molecule has 1 atom stereocenters. The Morgan fingerprint density at radius 3 is 2.83 bits per heavy atom. The Morgan fingerprint density at radius 2 is 2.07 bits per heavy atom. The molecule has 0 saturated heterocycles. The number of amides is 1. The minimum absolute atomic E-state index is 0.0761. The molecule has 4 rings (SSSR count). The molecule has 1 aromatic heterocycles. The lowest BCUT2D eigenvalue weighted by Crippen LogP contribution is -2.29. The predicted octanol–water partition coefficient (Wildman–Crippen LogP) is 3.78. The molecule has 30 heavy (non-hydrogen) atoms. The number of halogens is 1. The van der Waals surface area contributed by atoms with Gasteiger partial charge in [0, 0.05) is 44.0 Å². The molecule has 0 fully saturated rings. The van der Waals surface area contributed by atoms with E-state index in [1.807, 2.05) is 12.1 Å². The van der Waals surface area contributed by atoms with E-state index in [-0.39, 0.29) is 23.2 Å². The molecule has 1 unspecified atom stereocenters. The highest BCUT2D eigenvalue weighted by molar-refractivity contribution is 5.95. The van der Waals surface area contributed by atoms with E-state index in [1.165, 1.54) is 35.6 Å². The lowest BCUT2D eigenvalue weighted by molar-refractivity contribution is 0.0349. The zero-order chi connectivity index (χ0) is 21.1. The van der Waals surface area contributed by atoms with Gasteiger partial charge in [0.25, 0.3) is 5.91 Å². The Labute approximate surface area is 172 Å². The van der Waals surface area contributed by atoms with E-state index < -0.39 is 17.8 Å². The van der Waals surface area contributed by atoms with Crippen LogP contribution in [0.5, 0.6) is 11.6 Å². The number of nitrogens with zero attached hydrogens (tertiary/aromatic N) is 3. The highest BCUT2D eigenvalue weighted by Crippen LogP contribution is 2.33. The molecule has 1 aliphatic heterocycles. The molecule has 1 amide bonds. The lowest BCUT2D eigenvalue weighted by atomic mass is 10.0. The van der Waals surface area contributed by atoms with Gasteiger partial charge in [-0.25, -0.2) is 14.2 Å². The summed E-state index contributed by atoms with van der Waals surface area (Å²) in [6, 6.07) is 11.2. The number of hydrogen-bond acceptors (Lipinski definition) is 6. The van der Waals surface area contributed by atoms with Gasteiger partial charge in [0.15, 0.2) is 0 Å². The Hall–Kier alpha value is -3.81. The summed E-state index contributed by atoms with van der Waals surface area (Å²) in [4.78, 5) is 33.8. The molecule has 0 saturated carbocycles. The van der Waals surface area contributed by atoms with Gasteiger partial charge in [-0.2, -0.15) is 0 Å². The van der Waals surface area contributed by atoms with Gasteiger partial charge >= 0.3 is 5.97 Å². The summed E-state index contributed by atoms with van der Waals surface area (Å²) >= 11 is 0. The van der Waals surface area contributed by atoms with Crippen molar-refractivity contribution in [3.05, 3.63) is 83.6 Å². The lowest BCUT2D eigenvalue weighted by Gasteiger charge is -2.20. The van der Waals surface area contributed by atoms with Gasteiger partial charge in [0.05, 0.1) is 17.3 Å². The fourth-order valence-corrected chi connectivity index (χ4v) is 3.24. The number of benzene rings is 2. The second kappa shape index (κ2) is 8.28. The standard InChI is InChI=1S/C22H18FN3O4/c1-26(11-8-19-15-4-2-3-5-16(15)22(28)30-19)21(27)17-7-6-14(12-18(17)23)29-20-13-24-9-10-25-20/h2-7,9-10,12-13,19H,8,11H2,1H3. The first-order valence-corrected chi connectivity index (χ1v) is 9.31. The number of ether oxygens (including phenoxy) is 2. The third-order valence-corrected chi connectivity index (χ3v) is 4.78. The largest absolute Gasteiger partial charge is 0.454 e. The Balaban J connectivity index is 1.40. The first kappa shape index (κ1) is 19.5. The van der Waals surface area contributed by atoms with Crippen LogP contribution in [-0.2, 0) is 4.74 Å². The molecule has 8 heteroatoms. The SMILES string of the molecule is CN(CCC1OC(=O)c2ccccc21)C(=O)c1ccc(Oc2cnccn2)cc1F. The van der Waals surface area contributed by atoms with Crippen LogP contribution < -0.4 is 4.74 Å². The van der Waals surface area contributed by atoms with Gasteiger partial charge in [0.1, 0.15) is 17.7 Å². The molecule has 7 nitrogen and oxygen atoms in total. The van der Waals surface area contributed by atoms with Gasteiger partial charge in [0.2, 0.25) is 5.88 Å². The number of hydrogen-bond donors (Lipinski definition) is 0. The summed E-state index contributed by atoms with van der Waals surface area (Å²) in [5, 5.41) is 0. The molecule has 0 bridgehead atoms. The number of aromatic nitrogens is 2. The molecule has 0 spiro atoms. The number of fused-ring (bicyclic) bond motifs is 1. The Kier molecular flexibility index (Phi) is 5.38. The van der Waals surface area contributed by atoms with Crippen molar-refractivity contribution in [2.45, 2.75) is 12.5 Å². The molecule has 0 aliphatic carbocycles. The smallest absolute Gasteiger partial charge is 0.339 e. The van der Waals surface area contributed by atoms with E-state index in [0.29, 0.717) is 18.5 Å². The van der Waals surface area contributed by atoms with Crippen molar-refractivity contribution in [2.75, 3.05) is 13.6 Å². The van der Waals surface area contributed by atoms with Gasteiger partial charge in [-0.3, -0.25) is 9.78 Å². The number of carbonyl (C=O) groups excluding carboxylic acids is 2. The van der Waals surface area contributed by atoms with Crippen molar-refractivity contribution in [2.24, 2.45) is 0 Å². The zero-order valence-electron chi connectivity index (χ0n) is 16.1. The maximum Gasteiger partial charge on any atom is 0.339 e. The summed E-state index contributed by atoms with van der Waals surface area (Å²) in [5.41, 5.74) is 1.27. The fraction of sp³-hybridized carbons (Fsp3) is 0.182. The van der Waals surface area contributed by atoms with Crippen molar-refractivity contribution in [1.82, 2.24) is 14.9 Å². The molecule has 2 heterocycles. The van der Waals surface area contributed by atoms with Crippen LogP contribution in [0.1, 0.15) is 38.8 Å². The first-order valence-electron chi connectivity index (χ1n) is 9.31. The average Bonchev–Trinajstić information content (AvgIpc) is 3.08. The van der Waals surface area contributed by atoms with Crippen LogP contribution >= 0.6 is 0 Å². The number of carbonyl (C=O) groups is 2. The van der Waals surface area contributed by atoms with Crippen molar-refractivity contribution in [1.29, 1.82) is 0 Å². The van der Waals surface area contributed by atoms with Crippen LogP contribution in [0.25, 0.3) is 0 Å². The Morgan fingerprint density at radius 1 is 1.23 bits per heavy atom. The molecule has 1 aliphatic rings. The maximum absolute atomic E-state index is 14.5. The van der Waals surface area contributed by atoms with Gasteiger partial charge in [-0.15, -0.1) is 0 Å². The van der Waals surface area contributed by atoms with Gasteiger partial charge in [-0.05, 0) is 18.2 Å². The topological polar surface area (TPSA) is 81.6 Å². The number of cyclic esters (lactones) is 1. The molecule has 3 aromatic rings. The van der Waals surface area contributed by atoms with E-state index in [0.717, 1.165) is 11.6 Å². The van der Waals surface area contributed by atoms with Crippen LogP contribution in [0.4, 0.5) is 4.39 Å². The Bertz CT molecular complexity index is 1090. The number of rotatable bonds is 6. The second-order valence-electron chi connectivity index (χ2n) is 6.78. The minimum Gasteiger partial charge on any atom is -0.454 e. The van der Waals surface area contributed by atoms with Gasteiger partial charge < -0.3 is 14.4 Å². The van der Waals surface area contributed by atoms with E-state index in [2.05, 4.69) is 9.97 Å². The molecule has 152 valence electrons. The molecule has 0 N–H and O–H groups in total. The summed E-state index contributed by atoms with van der Waals surface area (Å²) < 4.78 is 25.3. The summed E-state index contributed by atoms with van der Waals surface area (Å²) in [6.45, 7) is 0.294. The van der Waals surface area contributed by atoms with E-state index >= 15 is 0 Å². The van der Waals surface area contributed by atoms with Crippen LogP contribution in [0.2, 0.25) is 0 Å². The molecular weight excluding hydrogens is 389 g/mol. The van der Waals surface area contributed by atoms with Crippen molar-refractivity contribution in [3.8, 4) is 11.6 Å². The highest BCUT2D eigenvalue weighted by atomic mass is 19.1. The van der Waals surface area contributed by atoms with Crippen molar-refractivity contribution >= 4 is 11.9 Å². The third-order valence-electron chi connectivity index (χ3n) is 4.78. The maximum atomic E-state index is 14.5. The third kappa shape index (κ3) is 3.98. The van der Waals surface area contributed by atoms with Crippen LogP contribution in [-0.4, -0.2) is 40.3 Å². The number of esters is 1. The monoisotopic (exact) mass is 407 g/mol. The van der Waals surface area contributed by atoms with Crippen molar-refractivity contribution in [3.63, 3.8) is 0 Å². The minimum atomic E-state index is -0.703. The van der Waals surface area contributed by atoms with Crippen molar-refractivity contribution < 1.29 is 23.5 Å². The predicted molar refractivity (Wildman–Crippen MR) is 105 cm³/mol. The fourth-order valence-electron chi connectivity index (χ4n) is 3.24. The van der Waals surface area contributed by atoms with Crippen LogP contribution in [0, 0.1) is 5.82 Å². The normalized spacial score (nSPS) is 14.7. The van der Waals surface area contributed by atoms with E-state index in [4.69, 9.17) is 9.47 Å². The van der Waals surface area contributed by atoms with E-state index in [9.17, 15) is 14.0 Å². The van der Waals surface area contributed by atoms with E-state index in [1.54, 1.807) is 19.2 Å². The molecule has 0 radical (unpaired) electrons. The van der Waals surface area contributed by atoms with Crippen LogP contribution in [0.3, 0.4) is 0 Å². The second-order valence-corrected chi connectivity index (χ2v) is 6.78. The molecular formula is C22H18FN3O4. The highest BCUT2D eigenvalue weighted by Gasteiger charge is 2.30. The summed E-state index contributed by atoms with van der Waals surface area (Å²) in [6.07, 6.45) is 4.35. The first-order chi connectivity index (χ1) is 14.5. The van der Waals surface area contributed by atoms with Crippen LogP contribution in [0.15, 0.2) is 61.1 Å². The van der Waals surface area contributed by atoms with Gasteiger partial charge in [-0.1, -0.05) is 18.2 Å². The summed E-state index contributed by atoms with van der Waals surface area (Å²) in [5.74, 6) is -1.11. The summed E-state index contributed by atoms with van der Waals surface area (Å²) in [7, 11) is 1.58.